The Kier molecular flexibility index (Phi) is 3.81. The van der Waals surface area contributed by atoms with Gasteiger partial charge < -0.3 is 14.6 Å². The summed E-state index contributed by atoms with van der Waals surface area (Å²) in [5.41, 5.74) is 0.192. The standard InChI is InChI=1S/C15H22O3/c1-4-11-5-6-15(16,10-11)12-7-13(17-2)9-14(8-12)18-3/h7-9,11,16H,4-6,10H2,1-3H3. The van der Waals surface area contributed by atoms with Gasteiger partial charge in [-0.3, -0.25) is 0 Å². The van der Waals surface area contributed by atoms with Gasteiger partial charge in [-0.2, -0.15) is 0 Å². The van der Waals surface area contributed by atoms with Crippen LogP contribution < -0.4 is 9.47 Å². The van der Waals surface area contributed by atoms with Crippen LogP contribution in [0.15, 0.2) is 18.2 Å². The van der Waals surface area contributed by atoms with Crippen molar-refractivity contribution in [3.05, 3.63) is 23.8 Å². The Balaban J connectivity index is 2.32. The summed E-state index contributed by atoms with van der Waals surface area (Å²) in [4.78, 5) is 0. The van der Waals surface area contributed by atoms with Gasteiger partial charge in [0.05, 0.1) is 19.8 Å². The van der Waals surface area contributed by atoms with Crippen molar-refractivity contribution in [1.29, 1.82) is 0 Å². The van der Waals surface area contributed by atoms with Crippen molar-refractivity contribution in [3.8, 4) is 11.5 Å². The van der Waals surface area contributed by atoms with E-state index in [0.29, 0.717) is 5.92 Å². The summed E-state index contributed by atoms with van der Waals surface area (Å²) < 4.78 is 10.5. The van der Waals surface area contributed by atoms with E-state index in [-0.39, 0.29) is 0 Å². The predicted octanol–water partition coefficient (Wildman–Crippen LogP) is 3.10. The summed E-state index contributed by atoms with van der Waals surface area (Å²) >= 11 is 0. The average Bonchev–Trinajstić information content (AvgIpc) is 2.81. The van der Waals surface area contributed by atoms with Crippen molar-refractivity contribution < 1.29 is 14.6 Å². The molecule has 0 amide bonds. The van der Waals surface area contributed by atoms with Crippen LogP contribution >= 0.6 is 0 Å². The largest absolute Gasteiger partial charge is 0.497 e. The van der Waals surface area contributed by atoms with Crippen LogP contribution in [0, 0.1) is 5.92 Å². The van der Waals surface area contributed by atoms with Crippen LogP contribution in [-0.4, -0.2) is 19.3 Å². The maximum atomic E-state index is 10.8. The van der Waals surface area contributed by atoms with Gasteiger partial charge in [-0.05, 0) is 42.9 Å². The topological polar surface area (TPSA) is 38.7 Å². The third-order valence-corrected chi connectivity index (χ3v) is 4.06. The number of aliphatic hydroxyl groups is 1. The molecule has 100 valence electrons. The molecule has 2 atom stereocenters. The molecular formula is C15H22O3. The fourth-order valence-corrected chi connectivity index (χ4v) is 2.81. The molecule has 0 saturated heterocycles. The van der Waals surface area contributed by atoms with Crippen molar-refractivity contribution in [3.63, 3.8) is 0 Å². The molecule has 2 rings (SSSR count). The first kappa shape index (κ1) is 13.2. The number of rotatable bonds is 4. The molecule has 18 heavy (non-hydrogen) atoms. The second kappa shape index (κ2) is 5.19. The van der Waals surface area contributed by atoms with E-state index in [1.165, 1.54) is 0 Å². The first-order valence-corrected chi connectivity index (χ1v) is 6.57. The van der Waals surface area contributed by atoms with Crippen LogP contribution in [0.1, 0.15) is 38.2 Å². The summed E-state index contributed by atoms with van der Waals surface area (Å²) in [6.45, 7) is 2.18. The minimum Gasteiger partial charge on any atom is -0.497 e. The monoisotopic (exact) mass is 250 g/mol. The zero-order valence-electron chi connectivity index (χ0n) is 11.4. The lowest BCUT2D eigenvalue weighted by atomic mass is 9.90. The maximum Gasteiger partial charge on any atom is 0.122 e. The molecule has 1 fully saturated rings. The highest BCUT2D eigenvalue weighted by molar-refractivity contribution is 5.41. The number of methoxy groups -OCH3 is 2. The summed E-state index contributed by atoms with van der Waals surface area (Å²) in [5.74, 6) is 2.09. The molecule has 1 aromatic rings. The zero-order valence-corrected chi connectivity index (χ0v) is 11.4. The molecule has 1 aliphatic rings. The van der Waals surface area contributed by atoms with E-state index in [2.05, 4.69) is 6.92 Å². The summed E-state index contributed by atoms with van der Waals surface area (Å²) in [6, 6.07) is 5.67. The molecule has 0 heterocycles. The SMILES string of the molecule is CCC1CCC(O)(c2cc(OC)cc(OC)c2)C1. The van der Waals surface area contributed by atoms with E-state index in [4.69, 9.17) is 9.47 Å². The van der Waals surface area contributed by atoms with Crippen molar-refractivity contribution in [2.75, 3.05) is 14.2 Å². The molecule has 2 unspecified atom stereocenters. The Labute approximate surface area is 109 Å². The molecule has 1 N–H and O–H groups in total. The highest BCUT2D eigenvalue weighted by Crippen LogP contribution is 2.44. The maximum absolute atomic E-state index is 10.8. The molecule has 0 spiro atoms. The van der Waals surface area contributed by atoms with Gasteiger partial charge in [0.2, 0.25) is 0 Å². The van der Waals surface area contributed by atoms with Crippen LogP contribution in [0.3, 0.4) is 0 Å². The molecule has 3 nitrogen and oxygen atoms in total. The molecule has 1 aliphatic carbocycles. The highest BCUT2D eigenvalue weighted by Gasteiger charge is 2.38. The van der Waals surface area contributed by atoms with Gasteiger partial charge in [0.1, 0.15) is 11.5 Å². The van der Waals surface area contributed by atoms with Crippen LogP contribution in [0.25, 0.3) is 0 Å². The minimum atomic E-state index is -0.720. The van der Waals surface area contributed by atoms with E-state index < -0.39 is 5.60 Å². The number of benzene rings is 1. The molecule has 3 heteroatoms. The smallest absolute Gasteiger partial charge is 0.122 e. The van der Waals surface area contributed by atoms with Crippen LogP contribution in [0.5, 0.6) is 11.5 Å². The van der Waals surface area contributed by atoms with E-state index in [9.17, 15) is 5.11 Å². The third-order valence-electron chi connectivity index (χ3n) is 4.06. The van der Waals surface area contributed by atoms with Gasteiger partial charge >= 0.3 is 0 Å². The van der Waals surface area contributed by atoms with Crippen molar-refractivity contribution >= 4 is 0 Å². The van der Waals surface area contributed by atoms with Gasteiger partial charge in [0.15, 0.2) is 0 Å². The minimum absolute atomic E-state index is 0.618. The molecule has 0 bridgehead atoms. The van der Waals surface area contributed by atoms with Gasteiger partial charge in [-0.25, -0.2) is 0 Å². The van der Waals surface area contributed by atoms with Crippen molar-refractivity contribution in [2.45, 2.75) is 38.2 Å². The fourth-order valence-electron chi connectivity index (χ4n) is 2.81. The van der Waals surface area contributed by atoms with Gasteiger partial charge in [-0.15, -0.1) is 0 Å². The molecular weight excluding hydrogens is 228 g/mol. The second-order valence-electron chi connectivity index (χ2n) is 5.15. The van der Waals surface area contributed by atoms with E-state index >= 15 is 0 Å². The Morgan fingerprint density at radius 1 is 1.22 bits per heavy atom. The molecule has 1 aromatic carbocycles. The second-order valence-corrected chi connectivity index (χ2v) is 5.15. The first-order valence-electron chi connectivity index (χ1n) is 6.57. The molecule has 0 radical (unpaired) electrons. The number of ether oxygens (including phenoxy) is 2. The quantitative estimate of drug-likeness (QED) is 0.892. The highest BCUT2D eigenvalue weighted by atomic mass is 16.5. The predicted molar refractivity (Wildman–Crippen MR) is 71.1 cm³/mol. The number of hydrogen-bond acceptors (Lipinski definition) is 3. The van der Waals surface area contributed by atoms with Gasteiger partial charge in [0, 0.05) is 6.07 Å². The average molecular weight is 250 g/mol. The van der Waals surface area contributed by atoms with Gasteiger partial charge in [0.25, 0.3) is 0 Å². The lowest BCUT2D eigenvalue weighted by Gasteiger charge is -2.24. The first-order chi connectivity index (χ1) is 8.61. The van der Waals surface area contributed by atoms with E-state index in [0.717, 1.165) is 42.7 Å². The van der Waals surface area contributed by atoms with Crippen molar-refractivity contribution in [1.82, 2.24) is 0 Å². The van der Waals surface area contributed by atoms with Crippen LogP contribution in [0.4, 0.5) is 0 Å². The Bertz CT molecular complexity index is 394. The van der Waals surface area contributed by atoms with E-state index in [1.807, 2.05) is 18.2 Å². The molecule has 0 aliphatic heterocycles. The Hall–Kier alpha value is -1.22. The van der Waals surface area contributed by atoms with E-state index in [1.54, 1.807) is 14.2 Å². The Morgan fingerprint density at radius 3 is 2.28 bits per heavy atom. The van der Waals surface area contributed by atoms with Crippen LogP contribution in [0.2, 0.25) is 0 Å². The van der Waals surface area contributed by atoms with Crippen LogP contribution in [-0.2, 0) is 5.60 Å². The number of hydrogen-bond donors (Lipinski definition) is 1. The summed E-state index contributed by atoms with van der Waals surface area (Å²) in [6.07, 6.45) is 3.87. The van der Waals surface area contributed by atoms with Crippen molar-refractivity contribution in [2.24, 2.45) is 5.92 Å². The molecule has 1 saturated carbocycles. The zero-order chi connectivity index (χ0) is 13.2. The normalized spacial score (nSPS) is 27.2. The Morgan fingerprint density at radius 2 is 1.83 bits per heavy atom. The fraction of sp³-hybridized carbons (Fsp3) is 0.600. The molecule has 0 aromatic heterocycles. The summed E-state index contributed by atoms with van der Waals surface area (Å²) in [5, 5.41) is 10.8. The van der Waals surface area contributed by atoms with Gasteiger partial charge in [-0.1, -0.05) is 13.3 Å². The summed E-state index contributed by atoms with van der Waals surface area (Å²) in [7, 11) is 3.26. The lowest BCUT2D eigenvalue weighted by Crippen LogP contribution is -2.21. The third kappa shape index (κ3) is 2.46. The lowest BCUT2D eigenvalue weighted by molar-refractivity contribution is 0.0394.